The fraction of sp³-hybridized carbons (Fsp3) is 0.274. The fourth-order valence-electron chi connectivity index (χ4n) is 11.5. The van der Waals surface area contributed by atoms with Crippen molar-refractivity contribution in [3.63, 3.8) is 0 Å². The highest BCUT2D eigenvalue weighted by atomic mass is 19.1. The molecule has 2 atom stereocenters. The number of hydrogen-bond donors (Lipinski definition) is 3. The molecule has 0 bridgehead atoms. The summed E-state index contributed by atoms with van der Waals surface area (Å²) in [5, 5.41) is 40.0. The Kier molecular flexibility index (Phi) is 21.8. The molecule has 1 aliphatic rings. The summed E-state index contributed by atoms with van der Waals surface area (Å²) in [4.78, 5) is 38.5. The van der Waals surface area contributed by atoms with Gasteiger partial charge in [0.1, 0.15) is 46.7 Å². The summed E-state index contributed by atoms with van der Waals surface area (Å²) in [6.07, 6.45) is 17.9. The maximum atomic E-state index is 14.2. The molecule has 0 radical (unpaired) electrons. The van der Waals surface area contributed by atoms with Crippen molar-refractivity contribution in [2.45, 2.75) is 32.1 Å². The number of halogens is 1. The molecule has 28 heteroatoms. The fourth-order valence-corrected chi connectivity index (χ4v) is 11.5. The highest BCUT2D eigenvalue weighted by Crippen LogP contribution is 2.38. The topological polar surface area (TPSA) is 279 Å². The summed E-state index contributed by atoms with van der Waals surface area (Å²) in [5.74, 6) is 3.53. The van der Waals surface area contributed by atoms with E-state index in [0.29, 0.717) is 47.0 Å². The van der Waals surface area contributed by atoms with Gasteiger partial charge in [0, 0.05) is 165 Å². The van der Waals surface area contributed by atoms with Crippen LogP contribution in [0.15, 0.2) is 171 Å². The summed E-state index contributed by atoms with van der Waals surface area (Å²) in [6.45, 7) is 5.99. The molecule has 13 aromatic rings. The molecule has 0 aliphatic carbocycles. The third-order valence-electron chi connectivity index (χ3n) is 16.6. The van der Waals surface area contributed by atoms with E-state index >= 15 is 0 Å². The zero-order chi connectivity index (χ0) is 70.5. The van der Waals surface area contributed by atoms with Crippen LogP contribution in [0.2, 0.25) is 0 Å². The monoisotopic (exact) mass is 1370 g/mol. The second-order valence-electron chi connectivity index (χ2n) is 23.8. The van der Waals surface area contributed by atoms with Crippen molar-refractivity contribution in [1.82, 2.24) is 79.3 Å². The third-order valence-corrected chi connectivity index (χ3v) is 16.6. The van der Waals surface area contributed by atoms with Crippen LogP contribution >= 0.6 is 0 Å². The number of fused-ring (bicyclic) bond motifs is 3. The van der Waals surface area contributed by atoms with E-state index in [1.54, 1.807) is 103 Å². The van der Waals surface area contributed by atoms with Gasteiger partial charge in [-0.25, -0.2) is 24.3 Å². The van der Waals surface area contributed by atoms with Gasteiger partial charge in [0.25, 0.3) is 0 Å². The van der Waals surface area contributed by atoms with Crippen molar-refractivity contribution in [3.05, 3.63) is 183 Å². The van der Waals surface area contributed by atoms with Crippen LogP contribution in [-0.4, -0.2) is 178 Å². The number of ether oxygens (including phenoxy) is 6. The Morgan fingerprint density at radius 2 is 0.970 bits per heavy atom. The van der Waals surface area contributed by atoms with Crippen LogP contribution < -0.4 is 43.7 Å². The largest absolute Gasteiger partial charge is 0.497 e. The van der Waals surface area contributed by atoms with Gasteiger partial charge in [-0.15, -0.1) is 0 Å². The van der Waals surface area contributed by atoms with Crippen LogP contribution in [0.3, 0.4) is 0 Å². The van der Waals surface area contributed by atoms with Crippen molar-refractivity contribution >= 4 is 67.2 Å². The lowest BCUT2D eigenvalue weighted by atomic mass is 10.1. The van der Waals surface area contributed by atoms with Crippen LogP contribution in [0.4, 0.5) is 38.5 Å². The van der Waals surface area contributed by atoms with Gasteiger partial charge in [-0.3, -0.25) is 33.7 Å². The second-order valence-corrected chi connectivity index (χ2v) is 23.8. The van der Waals surface area contributed by atoms with Gasteiger partial charge in [-0.05, 0) is 74.0 Å². The van der Waals surface area contributed by atoms with E-state index < -0.39 is 18.5 Å². The summed E-state index contributed by atoms with van der Waals surface area (Å²) in [6, 6.07) is 33.7. The van der Waals surface area contributed by atoms with Crippen molar-refractivity contribution < 1.29 is 43.0 Å². The van der Waals surface area contributed by atoms with Gasteiger partial charge in [0.15, 0.2) is 0 Å². The first kappa shape index (κ1) is 69.2. The number of benzene rings is 6. The third kappa shape index (κ3) is 17.1. The van der Waals surface area contributed by atoms with E-state index in [1.807, 2.05) is 112 Å². The van der Waals surface area contributed by atoms with Crippen LogP contribution in [0.5, 0.6) is 28.7 Å². The number of aryl methyl sites for hydroxylation is 5. The average molecular weight is 1370 g/mol. The minimum Gasteiger partial charge on any atom is -0.497 e. The first-order valence-electron chi connectivity index (χ1n) is 32.5. The minimum absolute atomic E-state index is 0.0365. The first-order valence-corrected chi connectivity index (χ1v) is 32.5. The summed E-state index contributed by atoms with van der Waals surface area (Å²) >= 11 is 0. The number of hydrogen-bond acceptors (Lipinski definition) is 23. The summed E-state index contributed by atoms with van der Waals surface area (Å²) in [7, 11) is 13.7. The van der Waals surface area contributed by atoms with Crippen LogP contribution in [0.25, 0.3) is 66.9 Å². The number of aliphatic hydroxyl groups excluding tert-OH is 2. The Balaban J connectivity index is 0.000000144. The van der Waals surface area contributed by atoms with Gasteiger partial charge < -0.3 is 58.7 Å². The lowest BCUT2D eigenvalue weighted by molar-refractivity contribution is 0.0346. The highest BCUT2D eigenvalue weighted by Gasteiger charge is 2.23. The van der Waals surface area contributed by atoms with Gasteiger partial charge >= 0.3 is 0 Å². The number of aliphatic hydroxyl groups is 2. The zero-order valence-electron chi connectivity index (χ0n) is 57.5. The predicted octanol–water partition coefficient (Wildman–Crippen LogP) is 10.0. The molecule has 3 N–H and O–H groups in total. The maximum Gasteiger partial charge on any atom is 0.147 e. The molecule has 1 aliphatic heterocycles. The molecule has 0 amide bonds. The Morgan fingerprint density at radius 1 is 0.535 bits per heavy atom. The number of anilines is 6. The standard InChI is InChI=1S/C26H28N8O2.C25H28N6O3.C22H22FN5O3/c1-18-28-17-33(31-18)8-5-9-34(21-10-22(35-3)13-23(11-21)36-4)20-6-7-24-25(12-20)30-26(15-27-24)19-14-29-32(2)16-19;1-30-15-17(12-28-30)25-14-27-23-5-4-18(10-24(23)29-25)31(16-22-13-26-6-7-34-22)19-8-20(32-2)11-21(9-19)33-3;1-27-11-14(9-25-27)22-10-24-20-4-3-16(8-21(20)26-22)28(12-18(30)13-29)17-5-15(23)6-19(7-17)31-2/h6-7,10-17H,5,8-9H2,1-4H3;4-5,8-12,14-15,22,26H,6-7,13,16H2,1-3H3;3-11,18,29-30H,12-13H2,1-2H3/t;;18-/m..0/s1. The molecule has 0 spiro atoms. The molecule has 14 rings (SSSR count). The first-order chi connectivity index (χ1) is 49.1. The number of methoxy groups -OCH3 is 5. The van der Waals surface area contributed by atoms with Crippen molar-refractivity contribution in [2.24, 2.45) is 21.1 Å². The lowest BCUT2D eigenvalue weighted by Crippen LogP contribution is -2.44. The number of nitrogens with one attached hydrogen (secondary N) is 1. The summed E-state index contributed by atoms with van der Waals surface area (Å²) < 4.78 is 54.6. The lowest BCUT2D eigenvalue weighted by Gasteiger charge is -2.32. The van der Waals surface area contributed by atoms with Gasteiger partial charge in [0.2, 0.25) is 0 Å². The van der Waals surface area contributed by atoms with Crippen LogP contribution in [-0.2, 0) is 32.4 Å². The molecule has 1 fully saturated rings. The minimum atomic E-state index is -1.03. The molecule has 7 aromatic heterocycles. The molecular weight excluding hydrogens is 1290 g/mol. The van der Waals surface area contributed by atoms with E-state index in [1.165, 1.54) is 19.2 Å². The van der Waals surface area contributed by atoms with E-state index in [9.17, 15) is 14.6 Å². The molecule has 0 saturated carbocycles. The maximum absolute atomic E-state index is 14.2. The van der Waals surface area contributed by atoms with E-state index in [4.69, 9.17) is 43.4 Å². The van der Waals surface area contributed by atoms with E-state index in [0.717, 1.165) is 134 Å². The number of rotatable bonds is 23. The Labute approximate surface area is 582 Å². The normalized spacial score (nSPS) is 13.0. The van der Waals surface area contributed by atoms with Gasteiger partial charge in [-0.2, -0.15) is 20.4 Å². The molecule has 101 heavy (non-hydrogen) atoms. The van der Waals surface area contributed by atoms with E-state index in [2.05, 4.69) is 79.7 Å². The number of nitrogens with zero attached hydrogens (tertiary/aromatic N) is 18. The second kappa shape index (κ2) is 31.9. The van der Waals surface area contributed by atoms with E-state index in [-0.39, 0.29) is 12.6 Å². The number of morpholine rings is 1. The molecule has 1 unspecified atom stereocenters. The molecule has 27 nitrogen and oxygen atoms in total. The SMILES string of the molecule is COc1cc(F)cc(N(C[C@H](O)CO)c2ccc3ncc(-c4cnn(C)c4)nc3c2)c1.COc1cc(OC)cc(N(CC2CNCCO2)c2ccc3ncc(-c4cnn(C)c4)nc3c2)c1.COc1cc(OC)cc(N(CCCn2cnc(C)n2)c2ccc3ncc(-c4cnn(C)c4)nc3c2)c1. The average Bonchev–Trinajstić information content (AvgIpc) is 1.62. The number of aromatic nitrogens is 15. The molecular formula is C73H78FN19O8. The van der Waals surface area contributed by atoms with Gasteiger partial charge in [-0.1, -0.05) is 0 Å². The Morgan fingerprint density at radius 3 is 1.38 bits per heavy atom. The smallest absolute Gasteiger partial charge is 0.147 e. The Bertz CT molecular complexity index is 4920. The van der Waals surface area contributed by atoms with Crippen molar-refractivity contribution in [3.8, 4) is 62.5 Å². The highest BCUT2D eigenvalue weighted by molar-refractivity contribution is 5.85. The molecule has 8 heterocycles. The molecule has 1 saturated heterocycles. The molecule has 6 aromatic carbocycles. The summed E-state index contributed by atoms with van der Waals surface area (Å²) in [5.41, 5.74) is 14.5. The van der Waals surface area contributed by atoms with Crippen LogP contribution in [0.1, 0.15) is 12.2 Å². The molecule has 520 valence electrons. The quantitative estimate of drug-likeness (QED) is 0.0537. The van der Waals surface area contributed by atoms with Crippen LogP contribution in [0, 0.1) is 12.7 Å². The zero-order valence-corrected chi connectivity index (χ0v) is 57.5. The Hall–Kier alpha value is -11.7. The van der Waals surface area contributed by atoms with Crippen molar-refractivity contribution in [2.75, 3.05) is 96.2 Å². The van der Waals surface area contributed by atoms with Crippen molar-refractivity contribution in [1.29, 1.82) is 0 Å². The van der Waals surface area contributed by atoms with Gasteiger partial charge in [0.05, 0.1) is 161 Å². The predicted molar refractivity (Wildman–Crippen MR) is 383 cm³/mol.